The minimum Gasteiger partial charge on any atom is -0.461 e. The molecule has 0 radical (unpaired) electrons. The average molecular weight is 453 g/mol. The van der Waals surface area contributed by atoms with Gasteiger partial charge in [0.1, 0.15) is 17.4 Å². The number of amides is 2. The first-order valence-corrected chi connectivity index (χ1v) is 8.59. The van der Waals surface area contributed by atoms with Gasteiger partial charge in [0.2, 0.25) is 0 Å². The summed E-state index contributed by atoms with van der Waals surface area (Å²) in [6.45, 7) is 0.790. The van der Waals surface area contributed by atoms with Gasteiger partial charge in [0, 0.05) is 5.69 Å². The minimum atomic E-state index is -5.49. The molecule has 0 unspecified atom stereocenters. The molecular formula is C18H14ClF5N2O4. The summed E-state index contributed by atoms with van der Waals surface area (Å²) in [5, 5.41) is 2.98. The molecule has 0 spiro atoms. The largest absolute Gasteiger partial charge is 0.461 e. The lowest BCUT2D eigenvalue weighted by molar-refractivity contribution is -0.259. The van der Waals surface area contributed by atoms with Crippen molar-refractivity contribution < 1.29 is 41.0 Å². The van der Waals surface area contributed by atoms with Gasteiger partial charge in [-0.1, -0.05) is 11.6 Å². The van der Waals surface area contributed by atoms with Crippen molar-refractivity contribution in [1.29, 1.82) is 0 Å². The fourth-order valence-corrected chi connectivity index (χ4v) is 2.35. The van der Waals surface area contributed by atoms with E-state index in [0.29, 0.717) is 0 Å². The predicted octanol–water partition coefficient (Wildman–Crippen LogP) is 4.64. The zero-order valence-corrected chi connectivity index (χ0v) is 15.9. The SMILES string of the molecule is CCOC(=O)[C@@](NC(=O)Nc1ccc(F)c(Cl)c1)(Oc1ccc(F)cc1)C(F)(F)F. The first kappa shape index (κ1) is 23.2. The molecule has 12 heteroatoms. The molecule has 0 fully saturated rings. The highest BCUT2D eigenvalue weighted by Crippen LogP contribution is 2.34. The predicted molar refractivity (Wildman–Crippen MR) is 96.0 cm³/mol. The van der Waals surface area contributed by atoms with E-state index >= 15 is 0 Å². The van der Waals surface area contributed by atoms with Crippen LogP contribution in [-0.4, -0.2) is 30.5 Å². The molecule has 6 nitrogen and oxygen atoms in total. The van der Waals surface area contributed by atoms with Gasteiger partial charge in [-0.3, -0.25) is 5.32 Å². The lowest BCUT2D eigenvalue weighted by atomic mass is 10.2. The maximum Gasteiger partial charge on any atom is 0.460 e. The van der Waals surface area contributed by atoms with Crippen LogP contribution in [-0.2, 0) is 9.53 Å². The van der Waals surface area contributed by atoms with Crippen molar-refractivity contribution in [2.45, 2.75) is 18.8 Å². The molecule has 0 heterocycles. The van der Waals surface area contributed by atoms with Crippen molar-refractivity contribution in [2.24, 2.45) is 0 Å². The van der Waals surface area contributed by atoms with Crippen LogP contribution in [0.5, 0.6) is 5.75 Å². The summed E-state index contributed by atoms with van der Waals surface area (Å²) < 4.78 is 77.2. The topological polar surface area (TPSA) is 76.7 Å². The van der Waals surface area contributed by atoms with Crippen molar-refractivity contribution in [3.63, 3.8) is 0 Å². The van der Waals surface area contributed by atoms with Gasteiger partial charge in [0.15, 0.2) is 0 Å². The van der Waals surface area contributed by atoms with E-state index in [9.17, 15) is 31.5 Å². The van der Waals surface area contributed by atoms with E-state index in [-0.39, 0.29) is 5.69 Å². The standard InChI is InChI=1S/C18H14ClF5N2O4/c1-2-29-15(27)17(18(22,23)24,30-12-6-3-10(20)4-7-12)26-16(28)25-11-5-8-14(21)13(19)9-11/h3-9H,2H2,1H3,(H2,25,26,28)/t17-/m1/s1. The zero-order chi connectivity index (χ0) is 22.5. The molecule has 162 valence electrons. The van der Waals surface area contributed by atoms with E-state index in [1.165, 1.54) is 12.2 Å². The normalized spacial score (nSPS) is 13.2. The van der Waals surface area contributed by atoms with Gasteiger partial charge in [-0.2, -0.15) is 13.2 Å². The molecule has 2 aromatic carbocycles. The number of carbonyl (C=O) groups excluding carboxylic acids is 2. The smallest absolute Gasteiger partial charge is 0.460 e. The van der Waals surface area contributed by atoms with Crippen molar-refractivity contribution in [1.82, 2.24) is 5.32 Å². The van der Waals surface area contributed by atoms with Crippen LogP contribution < -0.4 is 15.4 Å². The summed E-state index contributed by atoms with van der Waals surface area (Å²) >= 11 is 5.56. The Morgan fingerprint density at radius 2 is 1.70 bits per heavy atom. The maximum atomic E-state index is 13.9. The van der Waals surface area contributed by atoms with E-state index in [1.54, 1.807) is 0 Å². The van der Waals surface area contributed by atoms with Gasteiger partial charge < -0.3 is 14.8 Å². The summed E-state index contributed by atoms with van der Waals surface area (Å²) in [5.41, 5.74) is -4.13. The lowest BCUT2D eigenvalue weighted by Crippen LogP contribution is -2.69. The van der Waals surface area contributed by atoms with E-state index in [1.807, 2.05) is 5.32 Å². The van der Waals surface area contributed by atoms with E-state index in [2.05, 4.69) is 4.74 Å². The van der Waals surface area contributed by atoms with Crippen LogP contribution in [0.25, 0.3) is 0 Å². The molecular weight excluding hydrogens is 439 g/mol. The Morgan fingerprint density at radius 1 is 1.07 bits per heavy atom. The Balaban J connectivity index is 2.39. The highest BCUT2D eigenvalue weighted by atomic mass is 35.5. The first-order valence-electron chi connectivity index (χ1n) is 8.21. The molecule has 2 N–H and O–H groups in total. The van der Waals surface area contributed by atoms with Gasteiger partial charge in [-0.25, -0.2) is 18.4 Å². The highest BCUT2D eigenvalue weighted by Gasteiger charge is 2.66. The van der Waals surface area contributed by atoms with Crippen LogP contribution in [0.2, 0.25) is 5.02 Å². The van der Waals surface area contributed by atoms with Crippen LogP contribution in [0.3, 0.4) is 0 Å². The van der Waals surface area contributed by atoms with Gasteiger partial charge in [0.25, 0.3) is 0 Å². The average Bonchev–Trinajstić information content (AvgIpc) is 2.65. The number of hydrogen-bond acceptors (Lipinski definition) is 4. The molecule has 2 rings (SSSR count). The summed E-state index contributed by atoms with van der Waals surface area (Å²) in [7, 11) is 0. The third-order valence-corrected chi connectivity index (χ3v) is 3.80. The van der Waals surface area contributed by atoms with Crippen LogP contribution in [0, 0.1) is 11.6 Å². The van der Waals surface area contributed by atoms with Crippen LogP contribution in [0.15, 0.2) is 42.5 Å². The molecule has 0 bridgehead atoms. The molecule has 0 aliphatic heterocycles. The number of anilines is 1. The Labute approximate surface area is 171 Å². The number of nitrogens with one attached hydrogen (secondary N) is 2. The van der Waals surface area contributed by atoms with E-state index in [4.69, 9.17) is 16.3 Å². The second-order valence-electron chi connectivity index (χ2n) is 5.66. The summed E-state index contributed by atoms with van der Waals surface area (Å²) in [4.78, 5) is 24.4. The van der Waals surface area contributed by atoms with Crippen molar-refractivity contribution in [3.8, 4) is 5.75 Å². The highest BCUT2D eigenvalue weighted by molar-refractivity contribution is 6.31. The quantitative estimate of drug-likeness (QED) is 0.380. The second kappa shape index (κ2) is 9.16. The molecule has 2 amide bonds. The number of esters is 1. The number of rotatable bonds is 6. The molecule has 0 aliphatic rings. The van der Waals surface area contributed by atoms with Crippen LogP contribution in [0.4, 0.5) is 32.4 Å². The summed E-state index contributed by atoms with van der Waals surface area (Å²) in [5.74, 6) is -4.13. The van der Waals surface area contributed by atoms with Crippen LogP contribution >= 0.6 is 11.6 Å². The fraction of sp³-hybridized carbons (Fsp3) is 0.222. The molecule has 0 aliphatic carbocycles. The van der Waals surface area contributed by atoms with Crippen molar-refractivity contribution in [3.05, 3.63) is 59.1 Å². The maximum absolute atomic E-state index is 13.9. The molecule has 30 heavy (non-hydrogen) atoms. The molecule has 0 aromatic heterocycles. The number of carbonyl (C=O) groups is 2. The fourth-order valence-electron chi connectivity index (χ4n) is 2.17. The minimum absolute atomic E-state index is 0.166. The molecule has 2 aromatic rings. The third-order valence-electron chi connectivity index (χ3n) is 3.51. The Hall–Kier alpha value is -3.08. The number of alkyl halides is 3. The Kier molecular flexibility index (Phi) is 7.08. The number of halogens is 6. The van der Waals surface area contributed by atoms with Crippen molar-refractivity contribution in [2.75, 3.05) is 11.9 Å². The summed E-state index contributed by atoms with van der Waals surface area (Å²) in [6, 6.07) is 4.55. The van der Waals surface area contributed by atoms with E-state index < -0.39 is 52.9 Å². The third kappa shape index (κ3) is 5.29. The molecule has 1 atom stereocenters. The molecule has 0 saturated carbocycles. The Morgan fingerprint density at radius 3 is 2.23 bits per heavy atom. The van der Waals surface area contributed by atoms with Gasteiger partial charge in [0.05, 0.1) is 11.6 Å². The second-order valence-corrected chi connectivity index (χ2v) is 6.07. The monoisotopic (exact) mass is 452 g/mol. The Bertz CT molecular complexity index is 924. The van der Waals surface area contributed by atoms with Gasteiger partial charge >= 0.3 is 23.9 Å². The van der Waals surface area contributed by atoms with Crippen LogP contribution in [0.1, 0.15) is 6.92 Å². The van der Waals surface area contributed by atoms with E-state index in [0.717, 1.165) is 42.5 Å². The summed E-state index contributed by atoms with van der Waals surface area (Å²) in [6.07, 6.45) is -5.49. The lowest BCUT2D eigenvalue weighted by Gasteiger charge is -2.33. The van der Waals surface area contributed by atoms with Gasteiger partial charge in [-0.05, 0) is 49.4 Å². The first-order chi connectivity index (χ1) is 14.0. The number of ether oxygens (including phenoxy) is 2. The number of hydrogen-bond donors (Lipinski definition) is 2. The molecule has 0 saturated heterocycles. The zero-order valence-electron chi connectivity index (χ0n) is 15.1. The number of urea groups is 1. The van der Waals surface area contributed by atoms with Crippen molar-refractivity contribution >= 4 is 29.3 Å². The van der Waals surface area contributed by atoms with Gasteiger partial charge in [-0.15, -0.1) is 0 Å². The number of benzene rings is 2.